The second-order valence-corrected chi connectivity index (χ2v) is 5.78. The van der Waals surface area contributed by atoms with E-state index in [0.29, 0.717) is 11.4 Å². The zero-order chi connectivity index (χ0) is 15.9. The van der Waals surface area contributed by atoms with Gasteiger partial charge in [-0.15, -0.1) is 11.3 Å². The monoisotopic (exact) mass is 318 g/mol. The van der Waals surface area contributed by atoms with Gasteiger partial charge in [0.1, 0.15) is 5.75 Å². The van der Waals surface area contributed by atoms with Crippen molar-refractivity contribution in [3.05, 3.63) is 46.7 Å². The molecule has 0 saturated carbocycles. The molecule has 1 heterocycles. The molecular formula is C16H18N2O3S. The molecule has 116 valence electrons. The van der Waals surface area contributed by atoms with Gasteiger partial charge in [-0.25, -0.2) is 0 Å². The Morgan fingerprint density at radius 3 is 2.55 bits per heavy atom. The van der Waals surface area contributed by atoms with E-state index in [1.54, 1.807) is 35.6 Å². The van der Waals surface area contributed by atoms with E-state index < -0.39 is 0 Å². The van der Waals surface area contributed by atoms with Gasteiger partial charge in [0.15, 0.2) is 6.61 Å². The van der Waals surface area contributed by atoms with E-state index in [9.17, 15) is 9.59 Å². The number of carbonyl (C=O) groups is 2. The van der Waals surface area contributed by atoms with Crippen LogP contribution in [-0.2, 0) is 9.59 Å². The van der Waals surface area contributed by atoms with Gasteiger partial charge >= 0.3 is 0 Å². The predicted molar refractivity (Wildman–Crippen MR) is 87.1 cm³/mol. The summed E-state index contributed by atoms with van der Waals surface area (Å²) < 4.78 is 5.42. The minimum Gasteiger partial charge on any atom is -0.484 e. The molecule has 0 fully saturated rings. The van der Waals surface area contributed by atoms with Crippen LogP contribution in [0.25, 0.3) is 0 Å². The summed E-state index contributed by atoms with van der Waals surface area (Å²) in [7, 11) is 0. The lowest BCUT2D eigenvalue weighted by molar-refractivity contribution is -0.123. The van der Waals surface area contributed by atoms with Crippen LogP contribution in [0.1, 0.15) is 24.8 Å². The zero-order valence-corrected chi connectivity index (χ0v) is 13.3. The first-order chi connectivity index (χ1) is 10.5. The number of thiophene rings is 1. The molecule has 1 aromatic carbocycles. The van der Waals surface area contributed by atoms with Crippen LogP contribution in [0.5, 0.6) is 5.75 Å². The fourth-order valence-corrected chi connectivity index (χ4v) is 2.61. The Labute approximate surface area is 133 Å². The van der Waals surface area contributed by atoms with E-state index in [0.717, 1.165) is 4.88 Å². The van der Waals surface area contributed by atoms with Crippen LogP contribution < -0.4 is 15.4 Å². The third-order valence-corrected chi connectivity index (χ3v) is 3.95. The van der Waals surface area contributed by atoms with Crippen LogP contribution in [0.4, 0.5) is 5.69 Å². The summed E-state index contributed by atoms with van der Waals surface area (Å²) in [6.07, 6.45) is 0. The first kappa shape index (κ1) is 16.0. The average Bonchev–Trinajstić information content (AvgIpc) is 3.00. The summed E-state index contributed by atoms with van der Waals surface area (Å²) in [6.45, 7) is 3.34. The quantitative estimate of drug-likeness (QED) is 0.860. The molecule has 5 nitrogen and oxygen atoms in total. The number of anilines is 1. The Morgan fingerprint density at radius 2 is 1.95 bits per heavy atom. The fourth-order valence-electron chi connectivity index (χ4n) is 1.88. The van der Waals surface area contributed by atoms with Crippen molar-refractivity contribution in [1.29, 1.82) is 0 Å². The van der Waals surface area contributed by atoms with E-state index in [4.69, 9.17) is 4.74 Å². The van der Waals surface area contributed by atoms with Crippen molar-refractivity contribution in [2.24, 2.45) is 0 Å². The smallest absolute Gasteiger partial charge is 0.258 e. The molecule has 1 aromatic heterocycles. The second-order valence-electron chi connectivity index (χ2n) is 4.80. The van der Waals surface area contributed by atoms with Gasteiger partial charge in [-0.3, -0.25) is 9.59 Å². The SMILES string of the molecule is CC(=O)Nc1ccc(OCC(=O)N[C@H](C)c2cccs2)cc1. The fraction of sp³-hybridized carbons (Fsp3) is 0.250. The maximum absolute atomic E-state index is 11.8. The summed E-state index contributed by atoms with van der Waals surface area (Å²) in [5.41, 5.74) is 0.690. The van der Waals surface area contributed by atoms with Crippen LogP contribution in [0.15, 0.2) is 41.8 Å². The Kier molecular flexibility index (Phi) is 5.55. The third kappa shape index (κ3) is 4.89. The topological polar surface area (TPSA) is 67.4 Å². The van der Waals surface area contributed by atoms with Gasteiger partial charge in [0.05, 0.1) is 6.04 Å². The summed E-state index contributed by atoms with van der Waals surface area (Å²) in [5.74, 6) is 0.274. The molecule has 2 amide bonds. The van der Waals surface area contributed by atoms with Crippen molar-refractivity contribution in [3.8, 4) is 5.75 Å². The van der Waals surface area contributed by atoms with Crippen LogP contribution in [0.2, 0.25) is 0 Å². The zero-order valence-electron chi connectivity index (χ0n) is 12.5. The molecule has 1 atom stereocenters. The lowest BCUT2D eigenvalue weighted by Crippen LogP contribution is -2.30. The van der Waals surface area contributed by atoms with E-state index in [1.165, 1.54) is 6.92 Å². The minimum absolute atomic E-state index is 0.0294. The maximum atomic E-state index is 11.8. The van der Waals surface area contributed by atoms with Crippen LogP contribution in [0.3, 0.4) is 0 Å². The van der Waals surface area contributed by atoms with Crippen LogP contribution >= 0.6 is 11.3 Å². The number of carbonyl (C=O) groups excluding carboxylic acids is 2. The molecule has 0 aliphatic carbocycles. The molecule has 22 heavy (non-hydrogen) atoms. The molecule has 0 saturated heterocycles. The van der Waals surface area contributed by atoms with Crippen molar-refractivity contribution in [2.45, 2.75) is 19.9 Å². The second kappa shape index (κ2) is 7.61. The normalized spacial score (nSPS) is 11.5. The molecule has 0 unspecified atom stereocenters. The van der Waals surface area contributed by atoms with Crippen molar-refractivity contribution in [3.63, 3.8) is 0 Å². The van der Waals surface area contributed by atoms with Gasteiger partial charge in [0.25, 0.3) is 5.91 Å². The molecule has 0 bridgehead atoms. The summed E-state index contributed by atoms with van der Waals surface area (Å²) in [5, 5.41) is 7.52. The van der Waals surface area contributed by atoms with Crippen molar-refractivity contribution >= 4 is 28.8 Å². The number of hydrogen-bond donors (Lipinski definition) is 2. The van der Waals surface area contributed by atoms with E-state index >= 15 is 0 Å². The van der Waals surface area contributed by atoms with Crippen molar-refractivity contribution in [1.82, 2.24) is 5.32 Å². The molecule has 0 aliphatic rings. The highest BCUT2D eigenvalue weighted by molar-refractivity contribution is 7.10. The van der Waals surface area contributed by atoms with Crippen molar-refractivity contribution < 1.29 is 14.3 Å². The highest BCUT2D eigenvalue weighted by Gasteiger charge is 2.10. The van der Waals surface area contributed by atoms with Gasteiger partial charge in [-0.05, 0) is 42.6 Å². The van der Waals surface area contributed by atoms with E-state index in [-0.39, 0.29) is 24.5 Å². The molecule has 0 spiro atoms. The number of hydrogen-bond acceptors (Lipinski definition) is 4. The Bertz CT molecular complexity index is 623. The molecule has 0 aliphatic heterocycles. The summed E-state index contributed by atoms with van der Waals surface area (Å²) >= 11 is 1.60. The first-order valence-electron chi connectivity index (χ1n) is 6.88. The van der Waals surface area contributed by atoms with Gasteiger partial charge in [0, 0.05) is 17.5 Å². The average molecular weight is 318 g/mol. The molecule has 2 N–H and O–H groups in total. The van der Waals surface area contributed by atoms with E-state index in [1.807, 2.05) is 24.4 Å². The lowest BCUT2D eigenvalue weighted by atomic mass is 10.3. The number of amides is 2. The van der Waals surface area contributed by atoms with E-state index in [2.05, 4.69) is 10.6 Å². The van der Waals surface area contributed by atoms with Crippen molar-refractivity contribution in [2.75, 3.05) is 11.9 Å². The number of nitrogens with one attached hydrogen (secondary N) is 2. The third-order valence-electron chi connectivity index (χ3n) is 2.89. The Morgan fingerprint density at radius 1 is 1.23 bits per heavy atom. The molecular weight excluding hydrogens is 300 g/mol. The number of rotatable bonds is 6. The minimum atomic E-state index is -0.174. The predicted octanol–water partition coefficient (Wildman–Crippen LogP) is 2.96. The Balaban J connectivity index is 1.79. The van der Waals surface area contributed by atoms with Gasteiger partial charge < -0.3 is 15.4 Å². The maximum Gasteiger partial charge on any atom is 0.258 e. The highest BCUT2D eigenvalue weighted by atomic mass is 32.1. The van der Waals surface area contributed by atoms with Gasteiger partial charge in [0.2, 0.25) is 5.91 Å². The highest BCUT2D eigenvalue weighted by Crippen LogP contribution is 2.18. The molecule has 2 rings (SSSR count). The summed E-state index contributed by atoms with van der Waals surface area (Å²) in [4.78, 5) is 23.9. The van der Waals surface area contributed by atoms with Gasteiger partial charge in [-0.2, -0.15) is 0 Å². The lowest BCUT2D eigenvalue weighted by Gasteiger charge is -2.13. The molecule has 2 aromatic rings. The number of ether oxygens (including phenoxy) is 1. The Hall–Kier alpha value is -2.34. The largest absolute Gasteiger partial charge is 0.484 e. The number of benzene rings is 1. The molecule has 0 radical (unpaired) electrons. The standard InChI is InChI=1S/C16H18N2O3S/c1-11(15-4-3-9-22-15)17-16(20)10-21-14-7-5-13(6-8-14)18-12(2)19/h3-9,11H,10H2,1-2H3,(H,17,20)(H,18,19)/t11-/m1/s1. The van der Waals surface area contributed by atoms with Gasteiger partial charge in [-0.1, -0.05) is 6.07 Å². The van der Waals surface area contributed by atoms with Crippen LogP contribution in [0, 0.1) is 0 Å². The first-order valence-corrected chi connectivity index (χ1v) is 7.76. The van der Waals surface area contributed by atoms with Crippen LogP contribution in [-0.4, -0.2) is 18.4 Å². The molecule has 6 heteroatoms. The summed E-state index contributed by atoms with van der Waals surface area (Å²) in [6, 6.07) is 10.8.